The highest BCUT2D eigenvalue weighted by Crippen LogP contribution is 2.19. The number of ether oxygens (including phenoxy) is 1. The Labute approximate surface area is 118 Å². The first-order valence-corrected chi connectivity index (χ1v) is 7.42. The molecule has 0 amide bonds. The molecule has 0 bridgehead atoms. The molecule has 108 valence electrons. The van der Waals surface area contributed by atoms with E-state index in [1.807, 2.05) is 6.92 Å². The standard InChI is InChI=1S/C12H22N4O2S/c1-4-7-14-12(2,10(17)18-3)6-5-8-19-11-13-9-15-16-11/h9,14H,4-8H2,1-3H3,(H,13,15,16). The Morgan fingerprint density at radius 2 is 2.42 bits per heavy atom. The molecule has 0 spiro atoms. The minimum Gasteiger partial charge on any atom is -0.468 e. The summed E-state index contributed by atoms with van der Waals surface area (Å²) in [6.45, 7) is 4.78. The molecule has 1 aromatic heterocycles. The molecular weight excluding hydrogens is 264 g/mol. The van der Waals surface area contributed by atoms with Crippen LogP contribution in [-0.2, 0) is 9.53 Å². The van der Waals surface area contributed by atoms with Crippen LogP contribution < -0.4 is 5.32 Å². The number of aromatic amines is 1. The number of H-pyrrole nitrogens is 1. The molecule has 0 aromatic carbocycles. The Morgan fingerprint density at radius 1 is 1.63 bits per heavy atom. The quantitative estimate of drug-likeness (QED) is 0.408. The third kappa shape index (κ3) is 5.20. The first kappa shape index (κ1) is 16.0. The van der Waals surface area contributed by atoms with Crippen molar-refractivity contribution in [1.82, 2.24) is 20.5 Å². The molecule has 0 saturated heterocycles. The molecule has 0 saturated carbocycles. The van der Waals surface area contributed by atoms with E-state index in [0.29, 0.717) is 0 Å². The third-order valence-electron chi connectivity index (χ3n) is 2.85. The van der Waals surface area contributed by atoms with Crippen molar-refractivity contribution in [2.75, 3.05) is 19.4 Å². The monoisotopic (exact) mass is 286 g/mol. The maximum Gasteiger partial charge on any atom is 0.325 e. The van der Waals surface area contributed by atoms with Gasteiger partial charge in [-0.2, -0.15) is 5.10 Å². The summed E-state index contributed by atoms with van der Waals surface area (Å²) in [4.78, 5) is 15.9. The molecule has 7 heteroatoms. The number of carbonyl (C=O) groups excluding carboxylic acids is 1. The molecule has 19 heavy (non-hydrogen) atoms. The maximum atomic E-state index is 11.8. The number of aromatic nitrogens is 3. The summed E-state index contributed by atoms with van der Waals surface area (Å²) >= 11 is 1.60. The molecule has 0 aliphatic carbocycles. The van der Waals surface area contributed by atoms with Crippen molar-refractivity contribution in [3.8, 4) is 0 Å². The molecule has 1 unspecified atom stereocenters. The third-order valence-corrected chi connectivity index (χ3v) is 3.82. The first-order chi connectivity index (χ1) is 9.12. The maximum absolute atomic E-state index is 11.8. The summed E-state index contributed by atoms with van der Waals surface area (Å²) < 4.78 is 4.88. The summed E-state index contributed by atoms with van der Waals surface area (Å²) in [7, 11) is 1.43. The van der Waals surface area contributed by atoms with Crippen LogP contribution in [0, 0.1) is 0 Å². The molecule has 1 atom stereocenters. The number of esters is 1. The topological polar surface area (TPSA) is 79.9 Å². The van der Waals surface area contributed by atoms with E-state index in [4.69, 9.17) is 4.74 Å². The highest BCUT2D eigenvalue weighted by Gasteiger charge is 2.32. The van der Waals surface area contributed by atoms with Crippen LogP contribution in [0.3, 0.4) is 0 Å². The van der Waals surface area contributed by atoms with Gasteiger partial charge in [-0.3, -0.25) is 9.89 Å². The van der Waals surface area contributed by atoms with Gasteiger partial charge in [0.25, 0.3) is 0 Å². The molecule has 2 N–H and O–H groups in total. The smallest absolute Gasteiger partial charge is 0.325 e. The number of methoxy groups -OCH3 is 1. The van der Waals surface area contributed by atoms with E-state index < -0.39 is 5.54 Å². The summed E-state index contributed by atoms with van der Waals surface area (Å²) in [6, 6.07) is 0. The van der Waals surface area contributed by atoms with Gasteiger partial charge >= 0.3 is 5.97 Å². The van der Waals surface area contributed by atoms with E-state index >= 15 is 0 Å². The Kier molecular flexibility index (Phi) is 6.86. The highest BCUT2D eigenvalue weighted by atomic mass is 32.2. The Morgan fingerprint density at radius 3 is 3.00 bits per heavy atom. The lowest BCUT2D eigenvalue weighted by Gasteiger charge is -2.27. The van der Waals surface area contributed by atoms with Gasteiger partial charge < -0.3 is 10.1 Å². The van der Waals surface area contributed by atoms with E-state index in [2.05, 4.69) is 27.4 Å². The van der Waals surface area contributed by atoms with Crippen LogP contribution in [0.4, 0.5) is 0 Å². The number of hydrogen-bond acceptors (Lipinski definition) is 6. The first-order valence-electron chi connectivity index (χ1n) is 6.44. The normalized spacial score (nSPS) is 14.1. The summed E-state index contributed by atoms with van der Waals surface area (Å²) in [5.41, 5.74) is -0.604. The van der Waals surface area contributed by atoms with Gasteiger partial charge in [-0.25, -0.2) is 4.98 Å². The lowest BCUT2D eigenvalue weighted by Crippen LogP contribution is -2.50. The van der Waals surface area contributed by atoms with Crippen LogP contribution in [0.25, 0.3) is 0 Å². The average Bonchev–Trinajstić information content (AvgIpc) is 2.93. The lowest BCUT2D eigenvalue weighted by molar-refractivity contribution is -0.148. The largest absolute Gasteiger partial charge is 0.468 e. The van der Waals surface area contributed by atoms with Gasteiger partial charge in [0.2, 0.25) is 0 Å². The van der Waals surface area contributed by atoms with Crippen molar-refractivity contribution in [3.63, 3.8) is 0 Å². The fraction of sp³-hybridized carbons (Fsp3) is 0.750. The average molecular weight is 286 g/mol. The van der Waals surface area contributed by atoms with E-state index in [1.165, 1.54) is 13.4 Å². The molecule has 1 aromatic rings. The van der Waals surface area contributed by atoms with Gasteiger partial charge in [0.15, 0.2) is 5.16 Å². The molecule has 6 nitrogen and oxygen atoms in total. The fourth-order valence-corrected chi connectivity index (χ4v) is 2.47. The molecule has 0 aliphatic rings. The van der Waals surface area contributed by atoms with Crippen molar-refractivity contribution in [3.05, 3.63) is 6.33 Å². The van der Waals surface area contributed by atoms with Gasteiger partial charge in [0.05, 0.1) is 7.11 Å². The molecular formula is C12H22N4O2S. The zero-order valence-electron chi connectivity index (χ0n) is 11.7. The number of hydrogen-bond donors (Lipinski definition) is 2. The van der Waals surface area contributed by atoms with E-state index in [-0.39, 0.29) is 5.97 Å². The minimum atomic E-state index is -0.604. The molecule has 1 heterocycles. The SMILES string of the molecule is CCCNC(C)(CCCSc1ncn[nH]1)C(=O)OC. The van der Waals surface area contributed by atoms with Crippen LogP contribution in [0.5, 0.6) is 0 Å². The van der Waals surface area contributed by atoms with Crippen LogP contribution in [0.15, 0.2) is 11.5 Å². The Balaban J connectivity index is 2.37. The molecule has 0 radical (unpaired) electrons. The zero-order valence-corrected chi connectivity index (χ0v) is 12.5. The van der Waals surface area contributed by atoms with Crippen molar-refractivity contribution in [2.24, 2.45) is 0 Å². The van der Waals surface area contributed by atoms with Crippen molar-refractivity contribution in [1.29, 1.82) is 0 Å². The summed E-state index contributed by atoms with van der Waals surface area (Å²) in [5.74, 6) is 0.681. The van der Waals surface area contributed by atoms with Gasteiger partial charge in [0, 0.05) is 5.75 Å². The van der Waals surface area contributed by atoms with Gasteiger partial charge in [0.1, 0.15) is 11.9 Å². The van der Waals surface area contributed by atoms with Crippen molar-refractivity contribution in [2.45, 2.75) is 43.8 Å². The predicted molar refractivity (Wildman–Crippen MR) is 75.1 cm³/mol. The van der Waals surface area contributed by atoms with Gasteiger partial charge in [-0.15, -0.1) is 0 Å². The minimum absolute atomic E-state index is 0.203. The lowest BCUT2D eigenvalue weighted by atomic mass is 9.96. The fourth-order valence-electron chi connectivity index (χ4n) is 1.75. The van der Waals surface area contributed by atoms with Crippen LogP contribution in [-0.4, -0.2) is 46.1 Å². The van der Waals surface area contributed by atoms with Crippen LogP contribution in [0.2, 0.25) is 0 Å². The number of rotatable bonds is 9. The number of carbonyl (C=O) groups is 1. The molecule has 1 rings (SSSR count). The van der Waals surface area contributed by atoms with Gasteiger partial charge in [-0.05, 0) is 32.7 Å². The van der Waals surface area contributed by atoms with E-state index in [9.17, 15) is 4.79 Å². The Bertz CT molecular complexity index is 372. The molecule has 0 aliphatic heterocycles. The summed E-state index contributed by atoms with van der Waals surface area (Å²) in [6.07, 6.45) is 4.11. The second-order valence-corrected chi connectivity index (χ2v) is 5.58. The number of nitrogens with zero attached hydrogens (tertiary/aromatic N) is 2. The van der Waals surface area contributed by atoms with Crippen LogP contribution >= 0.6 is 11.8 Å². The second-order valence-electron chi connectivity index (χ2n) is 4.49. The van der Waals surface area contributed by atoms with Crippen molar-refractivity contribution < 1.29 is 9.53 Å². The Hall–Kier alpha value is -1.08. The van der Waals surface area contributed by atoms with Gasteiger partial charge in [-0.1, -0.05) is 18.7 Å². The number of thioether (sulfide) groups is 1. The van der Waals surface area contributed by atoms with Crippen molar-refractivity contribution >= 4 is 17.7 Å². The van der Waals surface area contributed by atoms with E-state index in [0.717, 1.165) is 36.7 Å². The molecule has 0 fully saturated rings. The van der Waals surface area contributed by atoms with Crippen LogP contribution in [0.1, 0.15) is 33.1 Å². The highest BCUT2D eigenvalue weighted by molar-refractivity contribution is 7.99. The predicted octanol–water partition coefficient (Wildman–Crippen LogP) is 1.61. The second kappa shape index (κ2) is 8.16. The zero-order chi connectivity index (χ0) is 14.1. The number of nitrogens with one attached hydrogen (secondary N) is 2. The summed E-state index contributed by atoms with van der Waals surface area (Å²) in [5, 5.41) is 10.7. The van der Waals surface area contributed by atoms with E-state index in [1.54, 1.807) is 11.8 Å².